The summed E-state index contributed by atoms with van der Waals surface area (Å²) in [6.45, 7) is 1.23. The Kier molecular flexibility index (Phi) is 2.82. The molecular weight excluding hydrogens is 287 g/mol. The van der Waals surface area contributed by atoms with Crippen molar-refractivity contribution < 1.29 is 9.18 Å². The van der Waals surface area contributed by atoms with Crippen molar-refractivity contribution >= 4 is 28.1 Å². The van der Waals surface area contributed by atoms with Crippen LogP contribution in [0, 0.1) is 5.82 Å². The van der Waals surface area contributed by atoms with Crippen molar-refractivity contribution in [3.05, 3.63) is 57.7 Å². The van der Waals surface area contributed by atoms with Gasteiger partial charge < -0.3 is 9.88 Å². The van der Waals surface area contributed by atoms with Crippen LogP contribution >= 0.6 is 11.3 Å². The van der Waals surface area contributed by atoms with E-state index in [1.54, 1.807) is 12.1 Å². The van der Waals surface area contributed by atoms with Gasteiger partial charge in [-0.1, -0.05) is 0 Å². The molecule has 1 amide bonds. The molecule has 0 fully saturated rings. The minimum absolute atomic E-state index is 0.0488. The first-order valence-electron chi connectivity index (χ1n) is 6.83. The van der Waals surface area contributed by atoms with E-state index >= 15 is 0 Å². The Hall–Kier alpha value is -2.14. The molecule has 0 bridgehead atoms. The number of rotatable bonds is 1. The van der Waals surface area contributed by atoms with Crippen molar-refractivity contribution in [2.75, 3.05) is 6.54 Å². The van der Waals surface area contributed by atoms with E-state index in [0.29, 0.717) is 13.1 Å². The number of hydrogen-bond acceptors (Lipinski definition) is 2. The van der Waals surface area contributed by atoms with E-state index < -0.39 is 0 Å². The smallest absolute Gasteiger partial charge is 0.255 e. The Morgan fingerprint density at radius 3 is 3.05 bits per heavy atom. The molecule has 3 nitrogen and oxygen atoms in total. The topological polar surface area (TPSA) is 36.1 Å². The standard InChI is InChI=1S/C16H13FN2OS/c17-11-1-2-14-12(7-11)13-8-19(5-3-15(13)18-14)16(20)10-4-6-21-9-10/h1-2,4,6-7,9,18H,3,5,8H2. The molecule has 2 aromatic heterocycles. The SMILES string of the molecule is O=C(c1ccsc1)N1CCc2[nH]c3ccc(F)cc3c2C1. The molecule has 21 heavy (non-hydrogen) atoms. The van der Waals surface area contributed by atoms with E-state index in [-0.39, 0.29) is 11.7 Å². The Labute approximate surface area is 125 Å². The van der Waals surface area contributed by atoms with Crippen LogP contribution in [0.4, 0.5) is 4.39 Å². The van der Waals surface area contributed by atoms with Crippen molar-refractivity contribution in [2.45, 2.75) is 13.0 Å². The minimum Gasteiger partial charge on any atom is -0.358 e. The molecule has 0 unspecified atom stereocenters. The van der Waals surface area contributed by atoms with Crippen LogP contribution in [0.3, 0.4) is 0 Å². The fraction of sp³-hybridized carbons (Fsp3) is 0.188. The zero-order valence-corrected chi connectivity index (χ0v) is 12.0. The summed E-state index contributed by atoms with van der Waals surface area (Å²) in [5, 5.41) is 4.66. The zero-order valence-electron chi connectivity index (χ0n) is 11.2. The molecule has 1 aliphatic heterocycles. The Morgan fingerprint density at radius 2 is 2.24 bits per heavy atom. The number of hydrogen-bond donors (Lipinski definition) is 1. The van der Waals surface area contributed by atoms with Gasteiger partial charge in [0.2, 0.25) is 0 Å². The number of H-pyrrole nitrogens is 1. The summed E-state index contributed by atoms with van der Waals surface area (Å²) in [6.07, 6.45) is 0.779. The molecule has 106 valence electrons. The van der Waals surface area contributed by atoms with Crippen molar-refractivity contribution in [1.82, 2.24) is 9.88 Å². The minimum atomic E-state index is -0.245. The quantitative estimate of drug-likeness (QED) is 0.733. The Bertz CT molecular complexity index is 822. The number of carbonyl (C=O) groups excluding carboxylic acids is 1. The molecule has 0 saturated heterocycles. The second-order valence-corrected chi connectivity index (χ2v) is 6.04. The molecule has 3 aromatic rings. The van der Waals surface area contributed by atoms with Crippen LogP contribution in [-0.4, -0.2) is 22.3 Å². The van der Waals surface area contributed by atoms with E-state index in [4.69, 9.17) is 0 Å². The lowest BCUT2D eigenvalue weighted by molar-refractivity contribution is 0.0735. The van der Waals surface area contributed by atoms with Crippen LogP contribution in [0.1, 0.15) is 21.6 Å². The second-order valence-electron chi connectivity index (χ2n) is 5.26. The van der Waals surface area contributed by atoms with Gasteiger partial charge in [0.05, 0.1) is 5.56 Å². The predicted molar refractivity (Wildman–Crippen MR) is 81.0 cm³/mol. The third-order valence-corrected chi connectivity index (χ3v) is 4.68. The van der Waals surface area contributed by atoms with Crippen molar-refractivity contribution in [3.8, 4) is 0 Å². The Morgan fingerprint density at radius 1 is 1.33 bits per heavy atom. The summed E-state index contributed by atoms with van der Waals surface area (Å²) in [5.41, 5.74) is 3.82. The average molecular weight is 300 g/mol. The van der Waals surface area contributed by atoms with Crippen LogP contribution in [0.5, 0.6) is 0 Å². The number of aromatic amines is 1. The van der Waals surface area contributed by atoms with Gasteiger partial charge >= 0.3 is 0 Å². The maximum Gasteiger partial charge on any atom is 0.255 e. The molecule has 3 heterocycles. The van der Waals surface area contributed by atoms with Gasteiger partial charge in [0.15, 0.2) is 0 Å². The molecule has 1 aromatic carbocycles. The monoisotopic (exact) mass is 300 g/mol. The molecule has 4 rings (SSSR count). The van der Waals surface area contributed by atoms with Crippen molar-refractivity contribution in [3.63, 3.8) is 0 Å². The summed E-state index contributed by atoms with van der Waals surface area (Å²) in [7, 11) is 0. The number of carbonyl (C=O) groups is 1. The highest BCUT2D eigenvalue weighted by molar-refractivity contribution is 7.08. The van der Waals surface area contributed by atoms with Crippen LogP contribution < -0.4 is 0 Å². The van der Waals surface area contributed by atoms with Gasteiger partial charge in [0, 0.05) is 47.1 Å². The first kappa shape index (κ1) is 12.6. The number of fused-ring (bicyclic) bond motifs is 3. The van der Waals surface area contributed by atoms with E-state index in [1.165, 1.54) is 17.4 Å². The van der Waals surface area contributed by atoms with E-state index in [1.807, 2.05) is 21.7 Å². The fourth-order valence-electron chi connectivity index (χ4n) is 2.93. The highest BCUT2D eigenvalue weighted by Gasteiger charge is 2.25. The third-order valence-electron chi connectivity index (χ3n) is 3.99. The molecule has 0 radical (unpaired) electrons. The lowest BCUT2D eigenvalue weighted by atomic mass is 10.0. The summed E-state index contributed by atoms with van der Waals surface area (Å²) in [5.74, 6) is -0.196. The van der Waals surface area contributed by atoms with Crippen molar-refractivity contribution in [1.29, 1.82) is 0 Å². The molecule has 1 N–H and O–H groups in total. The highest BCUT2D eigenvalue weighted by atomic mass is 32.1. The molecular formula is C16H13FN2OS. The first-order valence-corrected chi connectivity index (χ1v) is 7.77. The molecule has 0 spiro atoms. The summed E-state index contributed by atoms with van der Waals surface area (Å²) in [6, 6.07) is 6.60. The van der Waals surface area contributed by atoms with Gasteiger partial charge in [-0.05, 0) is 29.6 Å². The van der Waals surface area contributed by atoms with Crippen molar-refractivity contribution in [2.24, 2.45) is 0 Å². The van der Waals surface area contributed by atoms with Gasteiger partial charge in [0.1, 0.15) is 5.82 Å². The van der Waals surface area contributed by atoms with Crippen LogP contribution in [0.15, 0.2) is 35.0 Å². The lowest BCUT2D eigenvalue weighted by Crippen LogP contribution is -2.35. The maximum absolute atomic E-state index is 13.5. The number of amides is 1. The number of benzene rings is 1. The number of nitrogens with zero attached hydrogens (tertiary/aromatic N) is 1. The highest BCUT2D eigenvalue weighted by Crippen LogP contribution is 2.29. The largest absolute Gasteiger partial charge is 0.358 e. The normalized spacial score (nSPS) is 14.4. The second kappa shape index (κ2) is 4.70. The molecule has 0 saturated carbocycles. The van der Waals surface area contributed by atoms with Gasteiger partial charge in [-0.3, -0.25) is 4.79 Å². The average Bonchev–Trinajstić information content (AvgIpc) is 3.13. The number of halogens is 1. The fourth-order valence-corrected chi connectivity index (χ4v) is 3.56. The van der Waals surface area contributed by atoms with Crippen LogP contribution in [0.2, 0.25) is 0 Å². The van der Waals surface area contributed by atoms with E-state index in [0.717, 1.165) is 34.1 Å². The van der Waals surface area contributed by atoms with Crippen LogP contribution in [-0.2, 0) is 13.0 Å². The van der Waals surface area contributed by atoms with Gasteiger partial charge in [0.25, 0.3) is 5.91 Å². The number of nitrogens with one attached hydrogen (secondary N) is 1. The Balaban J connectivity index is 1.72. The van der Waals surface area contributed by atoms with Gasteiger partial charge in [-0.15, -0.1) is 0 Å². The zero-order chi connectivity index (χ0) is 14.4. The van der Waals surface area contributed by atoms with Gasteiger partial charge in [-0.2, -0.15) is 11.3 Å². The van der Waals surface area contributed by atoms with E-state index in [2.05, 4.69) is 4.98 Å². The number of thiophene rings is 1. The van der Waals surface area contributed by atoms with E-state index in [9.17, 15) is 9.18 Å². The summed E-state index contributed by atoms with van der Waals surface area (Å²) in [4.78, 5) is 17.6. The molecule has 0 aliphatic carbocycles. The molecule has 0 atom stereocenters. The maximum atomic E-state index is 13.5. The predicted octanol–water partition coefficient (Wildman–Crippen LogP) is 3.57. The lowest BCUT2D eigenvalue weighted by Gasteiger charge is -2.27. The van der Waals surface area contributed by atoms with Crippen LogP contribution in [0.25, 0.3) is 10.9 Å². The summed E-state index contributed by atoms with van der Waals surface area (Å²) >= 11 is 1.52. The molecule has 5 heteroatoms. The number of aromatic nitrogens is 1. The summed E-state index contributed by atoms with van der Waals surface area (Å²) < 4.78 is 13.5. The third kappa shape index (κ3) is 2.05. The first-order chi connectivity index (χ1) is 10.2. The molecule has 1 aliphatic rings. The van der Waals surface area contributed by atoms with Gasteiger partial charge in [-0.25, -0.2) is 4.39 Å².